The van der Waals surface area contributed by atoms with Gasteiger partial charge in [-0.25, -0.2) is 0 Å². The number of benzene rings is 1. The Morgan fingerprint density at radius 2 is 1.48 bits per heavy atom. The Kier molecular flexibility index (Phi) is 6.34. The fourth-order valence-electron chi connectivity index (χ4n) is 3.01. The lowest BCUT2D eigenvalue weighted by molar-refractivity contribution is 0.264. The molecule has 0 saturated carbocycles. The molecular formula is C18H27N5. The highest BCUT2D eigenvalue weighted by molar-refractivity contribution is 5.81. The number of nitrogens with one attached hydrogen (secondary N) is 3. The van der Waals surface area contributed by atoms with Gasteiger partial charge in [-0.3, -0.25) is 9.88 Å². The lowest BCUT2D eigenvalue weighted by Crippen LogP contribution is -2.41. The molecule has 5 nitrogen and oxygen atoms in total. The third-order valence-electron chi connectivity index (χ3n) is 4.30. The highest BCUT2D eigenvalue weighted by atomic mass is 15.2. The first-order valence-corrected chi connectivity index (χ1v) is 8.60. The lowest BCUT2D eigenvalue weighted by Gasteiger charge is -2.24. The van der Waals surface area contributed by atoms with Gasteiger partial charge >= 0.3 is 0 Å². The smallest absolute Gasteiger partial charge is 0.0705 e. The second kappa shape index (κ2) is 8.93. The first-order valence-electron chi connectivity index (χ1n) is 8.60. The predicted octanol–water partition coefficient (Wildman–Crippen LogP) is 0.819. The maximum Gasteiger partial charge on any atom is 0.0705 e. The van der Waals surface area contributed by atoms with Gasteiger partial charge in [-0.05, 0) is 17.7 Å². The molecule has 5 heteroatoms. The minimum absolute atomic E-state index is 0.977. The first-order chi connectivity index (χ1) is 11.4. The number of hydrogen-bond donors (Lipinski definition) is 3. The Morgan fingerprint density at radius 1 is 0.826 bits per heavy atom. The van der Waals surface area contributed by atoms with E-state index in [9.17, 15) is 0 Å². The van der Waals surface area contributed by atoms with Gasteiger partial charge in [0.15, 0.2) is 0 Å². The molecule has 0 radical (unpaired) electrons. The van der Waals surface area contributed by atoms with Crippen LogP contribution in [0.5, 0.6) is 0 Å². The molecule has 0 spiro atoms. The Balaban J connectivity index is 1.67. The fourth-order valence-corrected chi connectivity index (χ4v) is 3.01. The van der Waals surface area contributed by atoms with E-state index in [0.29, 0.717) is 0 Å². The summed E-state index contributed by atoms with van der Waals surface area (Å²) >= 11 is 0. The molecule has 2 heterocycles. The molecule has 2 aromatic rings. The third-order valence-corrected chi connectivity index (χ3v) is 4.30. The van der Waals surface area contributed by atoms with Gasteiger partial charge in [0.05, 0.1) is 5.52 Å². The summed E-state index contributed by atoms with van der Waals surface area (Å²) in [5.41, 5.74) is 2.45. The molecule has 124 valence electrons. The van der Waals surface area contributed by atoms with Gasteiger partial charge in [-0.1, -0.05) is 18.2 Å². The van der Waals surface area contributed by atoms with Gasteiger partial charge in [0.1, 0.15) is 0 Å². The summed E-state index contributed by atoms with van der Waals surface area (Å²) in [6, 6.07) is 10.6. The maximum atomic E-state index is 4.47. The average Bonchev–Trinajstić information content (AvgIpc) is 2.57. The summed E-state index contributed by atoms with van der Waals surface area (Å²) in [6.45, 7) is 9.32. The third kappa shape index (κ3) is 4.97. The molecule has 3 N–H and O–H groups in total. The van der Waals surface area contributed by atoms with Crippen molar-refractivity contribution in [3.63, 3.8) is 0 Å². The Bertz CT molecular complexity index is 583. The Labute approximate surface area is 138 Å². The molecule has 1 saturated heterocycles. The van der Waals surface area contributed by atoms with E-state index < -0.39 is 0 Å². The summed E-state index contributed by atoms with van der Waals surface area (Å²) in [7, 11) is 0. The monoisotopic (exact) mass is 313 g/mol. The van der Waals surface area contributed by atoms with E-state index in [1.807, 2.05) is 6.20 Å². The summed E-state index contributed by atoms with van der Waals surface area (Å²) < 4.78 is 0. The van der Waals surface area contributed by atoms with Crippen LogP contribution >= 0.6 is 0 Å². The molecule has 0 bridgehead atoms. The summed E-state index contributed by atoms with van der Waals surface area (Å²) in [5, 5.41) is 11.7. The Morgan fingerprint density at radius 3 is 2.22 bits per heavy atom. The topological polar surface area (TPSA) is 52.2 Å². The van der Waals surface area contributed by atoms with Gasteiger partial charge in [0, 0.05) is 70.5 Å². The minimum Gasteiger partial charge on any atom is -0.314 e. The summed E-state index contributed by atoms with van der Waals surface area (Å²) in [5.74, 6) is 0. The van der Waals surface area contributed by atoms with Gasteiger partial charge < -0.3 is 16.0 Å². The van der Waals surface area contributed by atoms with Gasteiger partial charge in [0.25, 0.3) is 0 Å². The van der Waals surface area contributed by atoms with Crippen LogP contribution in [0, 0.1) is 0 Å². The molecule has 0 amide bonds. The normalized spacial score (nSPS) is 19.1. The van der Waals surface area contributed by atoms with Crippen LogP contribution in [0.1, 0.15) is 5.56 Å². The van der Waals surface area contributed by atoms with Crippen molar-refractivity contribution >= 4 is 10.9 Å². The number of aromatic nitrogens is 1. The maximum absolute atomic E-state index is 4.47. The van der Waals surface area contributed by atoms with E-state index in [1.165, 1.54) is 10.9 Å². The quantitative estimate of drug-likeness (QED) is 0.766. The molecule has 0 aliphatic carbocycles. The SMILES string of the molecule is c1ccc2c(CN3CCNCCNCCNCC3)ccnc2c1. The van der Waals surface area contributed by atoms with Crippen molar-refractivity contribution in [2.45, 2.75) is 6.54 Å². The van der Waals surface area contributed by atoms with Crippen molar-refractivity contribution in [1.29, 1.82) is 0 Å². The van der Waals surface area contributed by atoms with Crippen LogP contribution in [-0.4, -0.2) is 62.2 Å². The van der Waals surface area contributed by atoms with E-state index in [-0.39, 0.29) is 0 Å². The molecule has 3 rings (SSSR count). The second-order valence-corrected chi connectivity index (χ2v) is 6.01. The number of rotatable bonds is 2. The number of fused-ring (bicyclic) bond motifs is 1. The molecule has 1 aromatic heterocycles. The highest BCUT2D eigenvalue weighted by Crippen LogP contribution is 2.17. The molecular weight excluding hydrogens is 286 g/mol. The van der Waals surface area contributed by atoms with Crippen LogP contribution < -0.4 is 16.0 Å². The molecule has 0 unspecified atom stereocenters. The van der Waals surface area contributed by atoms with E-state index in [1.54, 1.807) is 0 Å². The van der Waals surface area contributed by atoms with Crippen LogP contribution in [0.3, 0.4) is 0 Å². The standard InChI is InChI=1S/C18H27N5/c1-2-4-18-17(3-1)16(5-6-22-18)15-23-13-11-20-9-7-19-8-10-21-12-14-23/h1-6,19-21H,7-15H2. The van der Waals surface area contributed by atoms with Crippen LogP contribution in [0.25, 0.3) is 10.9 Å². The van der Waals surface area contributed by atoms with Gasteiger partial charge in [0.2, 0.25) is 0 Å². The van der Waals surface area contributed by atoms with Crippen molar-refractivity contribution in [2.24, 2.45) is 0 Å². The predicted molar refractivity (Wildman–Crippen MR) is 95.6 cm³/mol. The molecule has 23 heavy (non-hydrogen) atoms. The summed E-state index contributed by atoms with van der Waals surface area (Å²) in [4.78, 5) is 6.99. The van der Waals surface area contributed by atoms with E-state index >= 15 is 0 Å². The largest absolute Gasteiger partial charge is 0.314 e. The second-order valence-electron chi connectivity index (χ2n) is 6.01. The Hall–Kier alpha value is -1.53. The average molecular weight is 313 g/mol. The number of pyridine rings is 1. The van der Waals surface area contributed by atoms with E-state index in [2.05, 4.69) is 56.2 Å². The van der Waals surface area contributed by atoms with Gasteiger partial charge in [-0.15, -0.1) is 0 Å². The number of para-hydroxylation sites is 1. The zero-order valence-electron chi connectivity index (χ0n) is 13.7. The zero-order chi connectivity index (χ0) is 15.7. The molecule has 1 aliphatic heterocycles. The van der Waals surface area contributed by atoms with Crippen LogP contribution in [0.15, 0.2) is 36.5 Å². The minimum atomic E-state index is 0.977. The van der Waals surface area contributed by atoms with Crippen molar-refractivity contribution in [3.8, 4) is 0 Å². The molecule has 1 aliphatic rings. The van der Waals surface area contributed by atoms with Crippen molar-refractivity contribution < 1.29 is 0 Å². The van der Waals surface area contributed by atoms with Crippen LogP contribution in [0.2, 0.25) is 0 Å². The molecule has 1 aromatic carbocycles. The number of hydrogen-bond acceptors (Lipinski definition) is 5. The van der Waals surface area contributed by atoms with Crippen molar-refractivity contribution in [1.82, 2.24) is 25.8 Å². The summed E-state index contributed by atoms with van der Waals surface area (Å²) in [6.07, 6.45) is 1.93. The first kappa shape index (κ1) is 16.3. The van der Waals surface area contributed by atoms with E-state index in [0.717, 1.165) is 64.4 Å². The molecule has 1 fully saturated rings. The van der Waals surface area contributed by atoms with Crippen LogP contribution in [0.4, 0.5) is 0 Å². The van der Waals surface area contributed by atoms with E-state index in [4.69, 9.17) is 0 Å². The zero-order valence-corrected chi connectivity index (χ0v) is 13.7. The van der Waals surface area contributed by atoms with Crippen molar-refractivity contribution in [3.05, 3.63) is 42.1 Å². The lowest BCUT2D eigenvalue weighted by atomic mass is 10.1. The highest BCUT2D eigenvalue weighted by Gasteiger charge is 2.09. The molecule has 0 atom stereocenters. The number of nitrogens with zero attached hydrogens (tertiary/aromatic N) is 2. The van der Waals surface area contributed by atoms with Crippen molar-refractivity contribution in [2.75, 3.05) is 52.4 Å². The fraction of sp³-hybridized carbons (Fsp3) is 0.500. The van der Waals surface area contributed by atoms with Crippen LogP contribution in [-0.2, 0) is 6.54 Å². The van der Waals surface area contributed by atoms with Gasteiger partial charge in [-0.2, -0.15) is 0 Å².